The zero-order valence-electron chi connectivity index (χ0n) is 19.8. The number of hydrogen-bond donors (Lipinski definition) is 1. The van der Waals surface area contributed by atoms with Crippen LogP contribution < -0.4 is 15.0 Å². The van der Waals surface area contributed by atoms with Crippen molar-refractivity contribution in [1.82, 2.24) is 24.3 Å². The molecule has 0 saturated heterocycles. The topological polar surface area (TPSA) is 90.1 Å². The molecule has 0 radical (unpaired) electrons. The van der Waals surface area contributed by atoms with E-state index in [1.807, 2.05) is 71.8 Å². The normalized spacial score (nSPS) is 15.3. The fourth-order valence-electron chi connectivity index (χ4n) is 4.28. The van der Waals surface area contributed by atoms with E-state index in [-0.39, 0.29) is 11.9 Å². The SMILES string of the molecule is CCCN1C(=O)CC(c2ccc(Cl)cc2)n2nc(Nc3ccc(-n4cnc(C)c4)c(OC)c3)nc21. The molecule has 0 saturated carbocycles. The van der Waals surface area contributed by atoms with Crippen LogP contribution in [0.5, 0.6) is 5.75 Å². The van der Waals surface area contributed by atoms with Gasteiger partial charge in [-0.2, -0.15) is 4.98 Å². The molecule has 9 nitrogen and oxygen atoms in total. The fourth-order valence-corrected chi connectivity index (χ4v) is 4.40. The number of hydrogen-bond acceptors (Lipinski definition) is 6. The van der Waals surface area contributed by atoms with Gasteiger partial charge in [0.05, 0.1) is 37.3 Å². The van der Waals surface area contributed by atoms with Gasteiger partial charge in [-0.1, -0.05) is 30.7 Å². The number of nitrogens with zero attached hydrogens (tertiary/aromatic N) is 6. The van der Waals surface area contributed by atoms with Crippen molar-refractivity contribution in [2.75, 3.05) is 23.9 Å². The molecule has 3 heterocycles. The van der Waals surface area contributed by atoms with E-state index in [4.69, 9.17) is 26.4 Å². The van der Waals surface area contributed by atoms with Gasteiger partial charge < -0.3 is 14.6 Å². The number of imidazole rings is 1. The third-order valence-corrected chi connectivity index (χ3v) is 6.20. The highest BCUT2D eigenvalue weighted by Crippen LogP contribution is 2.35. The van der Waals surface area contributed by atoms with Gasteiger partial charge in [0.25, 0.3) is 0 Å². The number of anilines is 3. The molecule has 1 unspecified atom stereocenters. The molecule has 1 amide bonds. The van der Waals surface area contributed by atoms with Crippen LogP contribution in [0.15, 0.2) is 55.0 Å². The second kappa shape index (κ2) is 9.42. The van der Waals surface area contributed by atoms with Crippen LogP contribution in [-0.4, -0.2) is 43.9 Å². The van der Waals surface area contributed by atoms with Crippen LogP contribution in [0.1, 0.15) is 37.1 Å². The Bertz CT molecular complexity index is 1360. The van der Waals surface area contributed by atoms with Crippen LogP contribution in [-0.2, 0) is 4.79 Å². The number of aryl methyl sites for hydroxylation is 1. The molecule has 2 aromatic heterocycles. The van der Waals surface area contributed by atoms with E-state index in [1.54, 1.807) is 18.3 Å². The van der Waals surface area contributed by atoms with E-state index in [2.05, 4.69) is 10.3 Å². The average Bonchev–Trinajstić information content (AvgIpc) is 3.47. The second-order valence-electron chi connectivity index (χ2n) is 8.43. The molecule has 1 aliphatic rings. The number of halogens is 1. The van der Waals surface area contributed by atoms with Crippen molar-refractivity contribution < 1.29 is 9.53 Å². The number of carbonyl (C=O) groups is 1. The number of carbonyl (C=O) groups excluding carboxylic acids is 1. The summed E-state index contributed by atoms with van der Waals surface area (Å²) >= 11 is 6.08. The molecule has 180 valence electrons. The summed E-state index contributed by atoms with van der Waals surface area (Å²) in [5.41, 5.74) is 3.52. The van der Waals surface area contributed by atoms with Crippen molar-refractivity contribution in [3.63, 3.8) is 0 Å². The first-order valence-corrected chi connectivity index (χ1v) is 11.8. The van der Waals surface area contributed by atoms with E-state index in [1.165, 1.54) is 0 Å². The average molecular weight is 492 g/mol. The van der Waals surface area contributed by atoms with Crippen molar-refractivity contribution >= 4 is 35.1 Å². The van der Waals surface area contributed by atoms with Gasteiger partial charge in [-0.25, -0.2) is 9.67 Å². The summed E-state index contributed by atoms with van der Waals surface area (Å²) < 4.78 is 9.35. The molecule has 2 aromatic carbocycles. The van der Waals surface area contributed by atoms with E-state index >= 15 is 0 Å². The third kappa shape index (κ3) is 4.46. The summed E-state index contributed by atoms with van der Waals surface area (Å²) in [7, 11) is 1.63. The molecular formula is C25H26ClN7O2. The van der Waals surface area contributed by atoms with Gasteiger partial charge >= 0.3 is 0 Å². The minimum absolute atomic E-state index is 0.0277. The van der Waals surface area contributed by atoms with Gasteiger partial charge in [-0.3, -0.25) is 9.69 Å². The first-order chi connectivity index (χ1) is 17.0. The Kier molecular flexibility index (Phi) is 6.17. The molecule has 4 aromatic rings. The highest BCUT2D eigenvalue weighted by atomic mass is 35.5. The summed E-state index contributed by atoms with van der Waals surface area (Å²) in [5, 5.41) is 8.66. The summed E-state index contributed by atoms with van der Waals surface area (Å²) in [5.74, 6) is 1.64. The second-order valence-corrected chi connectivity index (χ2v) is 8.87. The lowest BCUT2D eigenvalue weighted by molar-refractivity contribution is -0.120. The Hall–Kier alpha value is -3.85. The molecule has 5 rings (SSSR count). The third-order valence-electron chi connectivity index (χ3n) is 5.95. The van der Waals surface area contributed by atoms with Gasteiger partial charge in [0, 0.05) is 29.5 Å². The van der Waals surface area contributed by atoms with Crippen LogP contribution in [0.2, 0.25) is 5.02 Å². The Morgan fingerprint density at radius 1 is 1.20 bits per heavy atom. The van der Waals surface area contributed by atoms with Crippen LogP contribution in [0.3, 0.4) is 0 Å². The standard InChI is InChI=1S/C25H26ClN7O2/c1-4-11-32-23(34)13-21(17-5-7-18(26)8-6-17)33-25(32)29-24(30-33)28-19-9-10-20(22(12-19)35-3)31-14-16(2)27-15-31/h5-10,12,14-15,21H,4,11,13H2,1-3H3,(H,28,30). The van der Waals surface area contributed by atoms with Gasteiger partial charge in [0.15, 0.2) is 0 Å². The minimum Gasteiger partial charge on any atom is -0.494 e. The molecule has 0 spiro atoms. The number of ether oxygens (including phenoxy) is 1. The first kappa shape index (κ1) is 22.9. The summed E-state index contributed by atoms with van der Waals surface area (Å²) in [6.45, 7) is 4.56. The molecule has 35 heavy (non-hydrogen) atoms. The smallest absolute Gasteiger partial charge is 0.248 e. The maximum atomic E-state index is 13.0. The lowest BCUT2D eigenvalue weighted by atomic mass is 10.0. The van der Waals surface area contributed by atoms with Gasteiger partial charge in [0.2, 0.25) is 17.8 Å². The summed E-state index contributed by atoms with van der Waals surface area (Å²) in [6.07, 6.45) is 4.82. The molecule has 10 heteroatoms. The van der Waals surface area contributed by atoms with E-state index in [9.17, 15) is 4.79 Å². The number of aromatic nitrogens is 5. The maximum Gasteiger partial charge on any atom is 0.248 e. The van der Waals surface area contributed by atoms with Gasteiger partial charge in [0.1, 0.15) is 5.75 Å². The highest BCUT2D eigenvalue weighted by Gasteiger charge is 2.34. The quantitative estimate of drug-likeness (QED) is 0.395. The van der Waals surface area contributed by atoms with Gasteiger partial charge in [-0.15, -0.1) is 5.10 Å². The van der Waals surface area contributed by atoms with Gasteiger partial charge in [-0.05, 0) is 43.2 Å². The lowest BCUT2D eigenvalue weighted by Gasteiger charge is -2.31. The van der Waals surface area contributed by atoms with Crippen LogP contribution in [0.25, 0.3) is 5.69 Å². The van der Waals surface area contributed by atoms with Crippen LogP contribution >= 0.6 is 11.6 Å². The largest absolute Gasteiger partial charge is 0.494 e. The molecule has 0 fully saturated rings. The zero-order chi connectivity index (χ0) is 24.5. The number of rotatable bonds is 7. The summed E-state index contributed by atoms with van der Waals surface area (Å²) in [6, 6.07) is 13.0. The van der Waals surface area contributed by atoms with E-state index in [0.29, 0.717) is 35.6 Å². The fraction of sp³-hybridized carbons (Fsp3) is 0.280. The Balaban J connectivity index is 1.49. The zero-order valence-corrected chi connectivity index (χ0v) is 20.5. The van der Waals surface area contributed by atoms with E-state index < -0.39 is 0 Å². The first-order valence-electron chi connectivity index (χ1n) is 11.4. The molecule has 0 aliphatic carbocycles. The molecule has 1 N–H and O–H groups in total. The maximum absolute atomic E-state index is 13.0. The molecule has 1 atom stereocenters. The minimum atomic E-state index is -0.257. The van der Waals surface area contributed by atoms with Crippen molar-refractivity contribution in [3.8, 4) is 11.4 Å². The molecule has 1 aliphatic heterocycles. The summed E-state index contributed by atoms with van der Waals surface area (Å²) in [4.78, 5) is 23.7. The van der Waals surface area contributed by atoms with Crippen molar-refractivity contribution in [3.05, 3.63) is 71.3 Å². The van der Waals surface area contributed by atoms with Crippen LogP contribution in [0.4, 0.5) is 17.6 Å². The van der Waals surface area contributed by atoms with Crippen molar-refractivity contribution in [2.24, 2.45) is 0 Å². The Morgan fingerprint density at radius 3 is 2.69 bits per heavy atom. The number of benzene rings is 2. The highest BCUT2D eigenvalue weighted by molar-refractivity contribution is 6.30. The monoisotopic (exact) mass is 491 g/mol. The Morgan fingerprint density at radius 2 is 2.00 bits per heavy atom. The molecular weight excluding hydrogens is 466 g/mol. The predicted molar refractivity (Wildman–Crippen MR) is 135 cm³/mol. The number of fused-ring (bicyclic) bond motifs is 1. The van der Waals surface area contributed by atoms with Crippen molar-refractivity contribution in [1.29, 1.82) is 0 Å². The number of methoxy groups -OCH3 is 1. The van der Waals surface area contributed by atoms with E-state index in [0.717, 1.165) is 29.1 Å². The molecule has 0 bridgehead atoms. The number of nitrogens with one attached hydrogen (secondary N) is 1. The van der Waals surface area contributed by atoms with Crippen molar-refractivity contribution in [2.45, 2.75) is 32.7 Å². The lowest BCUT2D eigenvalue weighted by Crippen LogP contribution is -2.40. The van der Waals surface area contributed by atoms with Crippen LogP contribution in [0, 0.1) is 6.92 Å². The number of amides is 1. The predicted octanol–water partition coefficient (Wildman–Crippen LogP) is 4.91. The Labute approximate surface area is 208 Å².